The monoisotopic (exact) mass is 334 g/mol. The van der Waals surface area contributed by atoms with E-state index in [9.17, 15) is 9.59 Å². The number of piperazine rings is 1. The van der Waals surface area contributed by atoms with Gasteiger partial charge in [-0.2, -0.15) is 0 Å². The zero-order valence-corrected chi connectivity index (χ0v) is 14.7. The number of likely N-dealkylation sites (N-methyl/N-ethyl adjacent to an activating group) is 1. The second kappa shape index (κ2) is 6.21. The Morgan fingerprint density at radius 3 is 2.00 bits per heavy atom. The van der Waals surface area contributed by atoms with Crippen LogP contribution >= 0.6 is 0 Å². The maximum Gasteiger partial charge on any atom is 0.194 e. The lowest BCUT2D eigenvalue weighted by Crippen LogP contribution is -2.45. The lowest BCUT2D eigenvalue weighted by molar-refractivity contribution is 0.0978. The van der Waals surface area contributed by atoms with Crippen LogP contribution in [0.2, 0.25) is 0 Å². The van der Waals surface area contributed by atoms with Gasteiger partial charge in [0.1, 0.15) is 0 Å². The van der Waals surface area contributed by atoms with Gasteiger partial charge in [-0.1, -0.05) is 30.3 Å². The second-order valence-electron chi connectivity index (χ2n) is 7.02. The summed E-state index contributed by atoms with van der Waals surface area (Å²) in [4.78, 5) is 30.3. The molecule has 4 heteroatoms. The number of hydrogen-bond acceptors (Lipinski definition) is 4. The van der Waals surface area contributed by atoms with Crippen molar-refractivity contribution in [3.63, 3.8) is 0 Å². The van der Waals surface area contributed by atoms with Gasteiger partial charge in [-0.15, -0.1) is 0 Å². The first kappa shape index (κ1) is 16.2. The molecule has 1 aliphatic heterocycles. The van der Waals surface area contributed by atoms with Crippen molar-refractivity contribution in [1.29, 1.82) is 0 Å². The molecule has 1 fully saturated rings. The fourth-order valence-electron chi connectivity index (χ4n) is 3.80. The molecule has 0 N–H and O–H groups in total. The van der Waals surface area contributed by atoms with E-state index in [2.05, 4.69) is 23.8 Å². The van der Waals surface area contributed by atoms with Crippen LogP contribution in [0, 0.1) is 0 Å². The topological polar surface area (TPSA) is 40.6 Å². The summed E-state index contributed by atoms with van der Waals surface area (Å²) in [5.74, 6) is -0.0957. The summed E-state index contributed by atoms with van der Waals surface area (Å²) in [6.07, 6.45) is 0. The van der Waals surface area contributed by atoms with Crippen molar-refractivity contribution < 1.29 is 9.59 Å². The largest absolute Gasteiger partial charge is 0.304 e. The Bertz CT molecular complexity index is 851. The molecule has 1 unspecified atom stereocenters. The molecule has 0 saturated carbocycles. The molecule has 1 saturated heterocycles. The number of hydrogen-bond donors (Lipinski definition) is 0. The minimum Gasteiger partial charge on any atom is -0.304 e. The molecule has 0 aromatic heterocycles. The molecule has 0 spiro atoms. The lowest BCUT2D eigenvalue weighted by atomic mass is 9.83. The molecule has 2 aromatic carbocycles. The Morgan fingerprint density at radius 2 is 1.36 bits per heavy atom. The minimum atomic E-state index is -0.0519. The van der Waals surface area contributed by atoms with Gasteiger partial charge in [0.15, 0.2) is 11.6 Å². The normalized spacial score (nSPS) is 19.4. The van der Waals surface area contributed by atoms with E-state index in [1.54, 1.807) is 18.2 Å². The number of ketones is 2. The van der Waals surface area contributed by atoms with E-state index < -0.39 is 0 Å². The number of benzene rings is 2. The van der Waals surface area contributed by atoms with Crippen LogP contribution in [0.15, 0.2) is 42.5 Å². The van der Waals surface area contributed by atoms with Crippen molar-refractivity contribution in [2.75, 3.05) is 33.2 Å². The molecule has 1 aliphatic carbocycles. The quantitative estimate of drug-likeness (QED) is 0.723. The summed E-state index contributed by atoms with van der Waals surface area (Å²) >= 11 is 0. The zero-order valence-electron chi connectivity index (χ0n) is 14.7. The zero-order chi connectivity index (χ0) is 17.6. The van der Waals surface area contributed by atoms with Gasteiger partial charge < -0.3 is 4.90 Å². The Morgan fingerprint density at radius 1 is 0.800 bits per heavy atom. The molecule has 4 rings (SSSR count). The molecule has 2 aliphatic rings. The summed E-state index contributed by atoms with van der Waals surface area (Å²) in [6.45, 7) is 6.32. The van der Waals surface area contributed by atoms with Crippen LogP contribution in [0.3, 0.4) is 0 Å². The van der Waals surface area contributed by atoms with Crippen molar-refractivity contribution in [3.05, 3.63) is 70.3 Å². The molecule has 0 amide bonds. The van der Waals surface area contributed by atoms with Crippen LogP contribution in [-0.4, -0.2) is 54.6 Å². The second-order valence-corrected chi connectivity index (χ2v) is 7.02. The molecular formula is C21H22N2O2. The minimum absolute atomic E-state index is 0.0439. The Balaban J connectivity index is 1.68. The fraction of sp³-hybridized carbons (Fsp3) is 0.333. The SMILES string of the molecule is CC(c1ccc2c(c1)C(=O)c1ccccc1C2=O)N1CCN(C)CC1. The fourth-order valence-corrected chi connectivity index (χ4v) is 3.80. The number of nitrogens with zero attached hydrogens (tertiary/aromatic N) is 2. The number of carbonyl (C=O) groups is 2. The highest BCUT2D eigenvalue weighted by molar-refractivity contribution is 6.28. The summed E-state index contributed by atoms with van der Waals surface area (Å²) in [7, 11) is 2.14. The standard InChI is InChI=1S/C21H22N2O2/c1-14(23-11-9-22(2)10-12-23)15-7-8-18-19(13-15)21(25)17-6-4-3-5-16(17)20(18)24/h3-8,13-14H,9-12H2,1-2H3. The van der Waals surface area contributed by atoms with Crippen molar-refractivity contribution in [3.8, 4) is 0 Å². The summed E-state index contributed by atoms with van der Waals surface area (Å²) in [5, 5.41) is 0. The number of rotatable bonds is 2. The molecule has 2 aromatic rings. The van der Waals surface area contributed by atoms with Gasteiger partial charge in [0.05, 0.1) is 0 Å². The maximum absolute atomic E-state index is 12.9. The molecule has 1 atom stereocenters. The van der Waals surface area contributed by atoms with Gasteiger partial charge in [0.25, 0.3) is 0 Å². The smallest absolute Gasteiger partial charge is 0.194 e. The maximum atomic E-state index is 12.9. The van der Waals surface area contributed by atoms with E-state index in [0.29, 0.717) is 22.3 Å². The molecule has 25 heavy (non-hydrogen) atoms. The van der Waals surface area contributed by atoms with Crippen molar-refractivity contribution in [1.82, 2.24) is 9.80 Å². The summed E-state index contributed by atoms with van der Waals surface area (Å²) < 4.78 is 0. The molecule has 128 valence electrons. The first-order valence-electron chi connectivity index (χ1n) is 8.81. The lowest BCUT2D eigenvalue weighted by Gasteiger charge is -2.36. The third kappa shape index (κ3) is 2.71. The first-order valence-corrected chi connectivity index (χ1v) is 8.81. The van der Waals surface area contributed by atoms with Crippen molar-refractivity contribution in [2.45, 2.75) is 13.0 Å². The van der Waals surface area contributed by atoms with Crippen LogP contribution in [0.4, 0.5) is 0 Å². The summed E-state index contributed by atoms with van der Waals surface area (Å²) in [5.41, 5.74) is 3.20. The van der Waals surface area contributed by atoms with Gasteiger partial charge in [-0.3, -0.25) is 14.5 Å². The predicted octanol–water partition coefficient (Wildman–Crippen LogP) is 2.77. The molecular weight excluding hydrogens is 312 g/mol. The van der Waals surface area contributed by atoms with Crippen molar-refractivity contribution >= 4 is 11.6 Å². The number of carbonyl (C=O) groups excluding carboxylic acids is 2. The van der Waals surface area contributed by atoms with Gasteiger partial charge in [0, 0.05) is 54.5 Å². The van der Waals surface area contributed by atoms with Crippen molar-refractivity contribution in [2.24, 2.45) is 0 Å². The highest BCUT2D eigenvalue weighted by Gasteiger charge is 2.30. The average molecular weight is 334 g/mol. The van der Waals surface area contributed by atoms with Gasteiger partial charge in [-0.05, 0) is 31.7 Å². The van der Waals surface area contributed by atoms with E-state index in [0.717, 1.165) is 31.7 Å². The van der Waals surface area contributed by atoms with Crippen LogP contribution in [-0.2, 0) is 0 Å². The van der Waals surface area contributed by atoms with Crippen LogP contribution in [0.1, 0.15) is 50.4 Å². The van der Waals surface area contributed by atoms with E-state index in [1.165, 1.54) is 0 Å². The van der Waals surface area contributed by atoms with Gasteiger partial charge in [0.2, 0.25) is 0 Å². The first-order chi connectivity index (χ1) is 12.1. The Hall–Kier alpha value is -2.30. The van der Waals surface area contributed by atoms with E-state index in [4.69, 9.17) is 0 Å². The highest BCUT2D eigenvalue weighted by atomic mass is 16.1. The number of fused-ring (bicyclic) bond motifs is 2. The predicted molar refractivity (Wildman–Crippen MR) is 97.2 cm³/mol. The summed E-state index contributed by atoms with van der Waals surface area (Å²) in [6, 6.07) is 13.1. The van der Waals surface area contributed by atoms with E-state index in [1.807, 2.05) is 24.3 Å². The third-order valence-electron chi connectivity index (χ3n) is 5.52. The Kier molecular flexibility index (Phi) is 4.02. The molecule has 1 heterocycles. The molecule has 4 nitrogen and oxygen atoms in total. The van der Waals surface area contributed by atoms with Gasteiger partial charge >= 0.3 is 0 Å². The average Bonchev–Trinajstić information content (AvgIpc) is 2.66. The molecule has 0 radical (unpaired) electrons. The van der Waals surface area contributed by atoms with E-state index >= 15 is 0 Å². The molecule has 0 bridgehead atoms. The Labute approximate surface area is 148 Å². The van der Waals surface area contributed by atoms with Gasteiger partial charge in [-0.25, -0.2) is 0 Å². The van der Waals surface area contributed by atoms with Crippen LogP contribution < -0.4 is 0 Å². The van der Waals surface area contributed by atoms with Crippen LogP contribution in [0.5, 0.6) is 0 Å². The highest BCUT2D eigenvalue weighted by Crippen LogP contribution is 2.30. The van der Waals surface area contributed by atoms with E-state index in [-0.39, 0.29) is 17.6 Å². The third-order valence-corrected chi connectivity index (χ3v) is 5.52. The van der Waals surface area contributed by atoms with Crippen LogP contribution in [0.25, 0.3) is 0 Å².